The van der Waals surface area contributed by atoms with E-state index in [0.29, 0.717) is 0 Å². The molecule has 1 aliphatic heterocycles. The zero-order chi connectivity index (χ0) is 18.1. The van der Waals surface area contributed by atoms with Gasteiger partial charge >= 0.3 is 0 Å². The first-order valence-electron chi connectivity index (χ1n) is 8.90. The van der Waals surface area contributed by atoms with E-state index in [2.05, 4.69) is 24.2 Å². The van der Waals surface area contributed by atoms with Crippen molar-refractivity contribution < 1.29 is 4.79 Å². The number of aryl methyl sites for hydroxylation is 2. The Morgan fingerprint density at radius 1 is 1.08 bits per heavy atom. The Labute approximate surface area is 157 Å². The second-order valence-electron chi connectivity index (χ2n) is 6.76. The molecular weight excluding hydrogens is 342 g/mol. The number of benzene rings is 1. The lowest BCUT2D eigenvalue weighted by atomic mass is 10.0. The number of nitrogens with zero attached hydrogens (tertiary/aromatic N) is 3. The number of carbonyl (C=O) groups excluding carboxylic acids is 1. The van der Waals surface area contributed by atoms with Crippen LogP contribution in [0.5, 0.6) is 0 Å². The maximum Gasteiger partial charge on any atom is 0.253 e. The fourth-order valence-corrected chi connectivity index (χ4v) is 4.24. The molecule has 0 unspecified atom stereocenters. The SMILES string of the molecule is Cc1ccncc1-c1csc(-c2cc(C(=O)N3CCCC3)ccc2C)n1. The van der Waals surface area contributed by atoms with Crippen molar-refractivity contribution in [2.75, 3.05) is 13.1 Å². The molecule has 1 fully saturated rings. The van der Waals surface area contributed by atoms with Crippen LogP contribution in [0.1, 0.15) is 34.3 Å². The minimum absolute atomic E-state index is 0.128. The van der Waals surface area contributed by atoms with Crippen LogP contribution in [0, 0.1) is 13.8 Å². The van der Waals surface area contributed by atoms with Crippen LogP contribution in [0.2, 0.25) is 0 Å². The first-order valence-corrected chi connectivity index (χ1v) is 9.78. The topological polar surface area (TPSA) is 46.1 Å². The number of hydrogen-bond donors (Lipinski definition) is 0. The van der Waals surface area contributed by atoms with E-state index in [1.807, 2.05) is 35.4 Å². The zero-order valence-corrected chi connectivity index (χ0v) is 15.8. The van der Waals surface area contributed by atoms with Crippen molar-refractivity contribution in [2.45, 2.75) is 26.7 Å². The van der Waals surface area contributed by atoms with Crippen molar-refractivity contribution in [3.63, 3.8) is 0 Å². The number of aromatic nitrogens is 2. The van der Waals surface area contributed by atoms with E-state index in [4.69, 9.17) is 4.98 Å². The van der Waals surface area contributed by atoms with E-state index < -0.39 is 0 Å². The molecule has 1 aromatic carbocycles. The van der Waals surface area contributed by atoms with Gasteiger partial charge in [-0.05, 0) is 56.0 Å². The van der Waals surface area contributed by atoms with Crippen molar-refractivity contribution in [3.8, 4) is 21.8 Å². The van der Waals surface area contributed by atoms with Crippen molar-refractivity contribution in [2.24, 2.45) is 0 Å². The average molecular weight is 363 g/mol. The van der Waals surface area contributed by atoms with Gasteiger partial charge in [-0.1, -0.05) is 6.07 Å². The predicted molar refractivity (Wildman–Crippen MR) is 105 cm³/mol. The summed E-state index contributed by atoms with van der Waals surface area (Å²) in [5.41, 5.74) is 6.07. The molecule has 1 aliphatic rings. The maximum absolute atomic E-state index is 12.7. The standard InChI is InChI=1S/C21H21N3OS/c1-14-5-6-16(21(25)24-9-3-4-10-24)11-17(14)20-23-19(13-26-20)18-12-22-8-7-15(18)2/h5-8,11-13H,3-4,9-10H2,1-2H3. The smallest absolute Gasteiger partial charge is 0.253 e. The Morgan fingerprint density at radius 3 is 2.62 bits per heavy atom. The summed E-state index contributed by atoms with van der Waals surface area (Å²) < 4.78 is 0. The molecule has 0 spiro atoms. The number of rotatable bonds is 3. The molecule has 4 rings (SSSR count). The highest BCUT2D eigenvalue weighted by Crippen LogP contribution is 2.32. The van der Waals surface area contributed by atoms with Crippen molar-refractivity contribution >= 4 is 17.2 Å². The van der Waals surface area contributed by atoms with Gasteiger partial charge in [-0.15, -0.1) is 11.3 Å². The summed E-state index contributed by atoms with van der Waals surface area (Å²) in [6, 6.07) is 7.94. The van der Waals surface area contributed by atoms with Gasteiger partial charge in [0.05, 0.1) is 5.69 Å². The number of hydrogen-bond acceptors (Lipinski definition) is 4. The molecule has 0 bridgehead atoms. The van der Waals surface area contributed by atoms with Crippen LogP contribution in [0.3, 0.4) is 0 Å². The van der Waals surface area contributed by atoms with Crippen LogP contribution in [-0.4, -0.2) is 33.9 Å². The average Bonchev–Trinajstić information content (AvgIpc) is 3.34. The van der Waals surface area contributed by atoms with E-state index in [1.54, 1.807) is 17.5 Å². The lowest BCUT2D eigenvalue weighted by Crippen LogP contribution is -2.27. The Morgan fingerprint density at radius 2 is 1.85 bits per heavy atom. The first kappa shape index (κ1) is 16.9. The number of carbonyl (C=O) groups is 1. The molecule has 2 aromatic heterocycles. The number of amides is 1. The number of thiazole rings is 1. The summed E-state index contributed by atoms with van der Waals surface area (Å²) in [7, 11) is 0. The number of pyridine rings is 1. The zero-order valence-electron chi connectivity index (χ0n) is 15.0. The minimum atomic E-state index is 0.128. The Kier molecular flexibility index (Phi) is 4.55. The highest BCUT2D eigenvalue weighted by molar-refractivity contribution is 7.13. The third kappa shape index (κ3) is 3.15. The fraction of sp³-hybridized carbons (Fsp3) is 0.286. The van der Waals surface area contributed by atoms with Crippen molar-refractivity contribution in [1.82, 2.24) is 14.9 Å². The molecule has 26 heavy (non-hydrogen) atoms. The normalized spacial score (nSPS) is 14.0. The van der Waals surface area contributed by atoms with Gasteiger partial charge in [-0.3, -0.25) is 9.78 Å². The van der Waals surface area contributed by atoms with Crippen molar-refractivity contribution in [1.29, 1.82) is 0 Å². The Bertz CT molecular complexity index is 957. The molecule has 3 aromatic rings. The quantitative estimate of drug-likeness (QED) is 0.676. The first-order chi connectivity index (χ1) is 12.6. The summed E-state index contributed by atoms with van der Waals surface area (Å²) in [4.78, 5) is 23.7. The second kappa shape index (κ2) is 7.00. The van der Waals surface area contributed by atoms with Gasteiger partial charge in [0.25, 0.3) is 5.91 Å². The third-order valence-corrected chi connectivity index (χ3v) is 5.80. The summed E-state index contributed by atoms with van der Waals surface area (Å²) in [5, 5.41) is 3.00. The van der Waals surface area contributed by atoms with Gasteiger partial charge in [0.15, 0.2) is 0 Å². The van der Waals surface area contributed by atoms with Crippen LogP contribution in [0.25, 0.3) is 21.8 Å². The second-order valence-corrected chi connectivity index (χ2v) is 7.62. The molecule has 5 heteroatoms. The van der Waals surface area contributed by atoms with E-state index >= 15 is 0 Å². The van der Waals surface area contributed by atoms with Crippen LogP contribution in [0.15, 0.2) is 42.0 Å². The predicted octanol–water partition coefficient (Wildman–Crippen LogP) is 4.72. The van der Waals surface area contributed by atoms with Gasteiger partial charge in [-0.2, -0.15) is 0 Å². The molecule has 132 valence electrons. The lowest BCUT2D eigenvalue weighted by molar-refractivity contribution is 0.0793. The number of likely N-dealkylation sites (tertiary alicyclic amines) is 1. The van der Waals surface area contributed by atoms with Gasteiger partial charge in [0.1, 0.15) is 5.01 Å². The van der Waals surface area contributed by atoms with Gasteiger partial charge in [0, 0.05) is 47.6 Å². The molecule has 0 saturated carbocycles. The molecule has 4 nitrogen and oxygen atoms in total. The van der Waals surface area contributed by atoms with Crippen LogP contribution in [-0.2, 0) is 0 Å². The Hall–Kier alpha value is -2.53. The summed E-state index contributed by atoms with van der Waals surface area (Å²) >= 11 is 1.61. The van der Waals surface area contributed by atoms with E-state index in [1.165, 1.54) is 0 Å². The van der Waals surface area contributed by atoms with Crippen LogP contribution >= 0.6 is 11.3 Å². The molecule has 0 atom stereocenters. The van der Waals surface area contributed by atoms with Gasteiger partial charge in [-0.25, -0.2) is 4.98 Å². The van der Waals surface area contributed by atoms with Crippen LogP contribution in [0.4, 0.5) is 0 Å². The summed E-state index contributed by atoms with van der Waals surface area (Å²) in [5.74, 6) is 0.128. The maximum atomic E-state index is 12.7. The molecule has 3 heterocycles. The minimum Gasteiger partial charge on any atom is -0.339 e. The van der Waals surface area contributed by atoms with E-state index in [0.717, 1.165) is 64.4 Å². The molecule has 1 saturated heterocycles. The van der Waals surface area contributed by atoms with Crippen LogP contribution < -0.4 is 0 Å². The highest BCUT2D eigenvalue weighted by Gasteiger charge is 2.20. The monoisotopic (exact) mass is 363 g/mol. The Balaban J connectivity index is 1.69. The fourth-order valence-electron chi connectivity index (χ4n) is 3.34. The highest BCUT2D eigenvalue weighted by atomic mass is 32.1. The van der Waals surface area contributed by atoms with Gasteiger partial charge in [0.2, 0.25) is 0 Å². The van der Waals surface area contributed by atoms with Gasteiger partial charge < -0.3 is 4.90 Å². The summed E-state index contributed by atoms with van der Waals surface area (Å²) in [6.07, 6.45) is 5.85. The lowest BCUT2D eigenvalue weighted by Gasteiger charge is -2.16. The summed E-state index contributed by atoms with van der Waals surface area (Å²) in [6.45, 7) is 5.86. The molecule has 0 radical (unpaired) electrons. The molecule has 0 N–H and O–H groups in total. The van der Waals surface area contributed by atoms with E-state index in [-0.39, 0.29) is 5.91 Å². The largest absolute Gasteiger partial charge is 0.339 e. The third-order valence-electron chi connectivity index (χ3n) is 4.93. The molecular formula is C21H21N3OS. The molecule has 1 amide bonds. The molecule has 0 aliphatic carbocycles. The van der Waals surface area contributed by atoms with Crippen molar-refractivity contribution in [3.05, 3.63) is 58.7 Å². The van der Waals surface area contributed by atoms with E-state index in [9.17, 15) is 4.79 Å².